The zero-order valence-electron chi connectivity index (χ0n) is 11.3. The largest absolute Gasteiger partial charge is 0.385 e. The lowest BCUT2D eigenvalue weighted by atomic mass is 10.1. The highest BCUT2D eigenvalue weighted by molar-refractivity contribution is 5.60. The van der Waals surface area contributed by atoms with Crippen LogP contribution in [0.3, 0.4) is 0 Å². The van der Waals surface area contributed by atoms with Gasteiger partial charge in [-0.2, -0.15) is 0 Å². The summed E-state index contributed by atoms with van der Waals surface area (Å²) in [6.45, 7) is 6.40. The summed E-state index contributed by atoms with van der Waals surface area (Å²) in [5.41, 5.74) is 2.67. The van der Waals surface area contributed by atoms with Gasteiger partial charge < -0.3 is 10.1 Å². The minimum absolute atomic E-state index is 0.155. The minimum Gasteiger partial charge on any atom is -0.385 e. The lowest BCUT2D eigenvalue weighted by Gasteiger charge is -2.17. The molecule has 0 radical (unpaired) electrons. The fraction of sp³-hybridized carbons (Fsp3) is 0.538. The molecule has 1 aromatic carbocycles. The number of hydrogen-bond acceptors (Lipinski definition) is 4. The van der Waals surface area contributed by atoms with Gasteiger partial charge in [-0.3, -0.25) is 10.1 Å². The van der Waals surface area contributed by atoms with Crippen molar-refractivity contribution in [1.29, 1.82) is 0 Å². The van der Waals surface area contributed by atoms with Crippen LogP contribution in [0.25, 0.3) is 0 Å². The number of rotatable bonds is 6. The van der Waals surface area contributed by atoms with Crippen LogP contribution < -0.4 is 5.32 Å². The van der Waals surface area contributed by atoms with Crippen molar-refractivity contribution in [2.75, 3.05) is 19.0 Å². The van der Waals surface area contributed by atoms with Crippen LogP contribution in [0.1, 0.15) is 24.5 Å². The summed E-state index contributed by atoms with van der Waals surface area (Å²) in [4.78, 5) is 10.6. The maximum atomic E-state index is 10.9. The van der Waals surface area contributed by atoms with Gasteiger partial charge in [0.1, 0.15) is 0 Å². The molecule has 0 aliphatic heterocycles. The number of aryl methyl sites for hydroxylation is 2. The SMILES string of the molecule is COCCC(C)Nc1cc([N+](=O)[O-])c(C)cc1C. The molecule has 5 heteroatoms. The second-order valence-electron chi connectivity index (χ2n) is 4.54. The molecule has 0 heterocycles. The van der Waals surface area contributed by atoms with Crippen LogP contribution in [0.5, 0.6) is 0 Å². The van der Waals surface area contributed by atoms with E-state index in [2.05, 4.69) is 5.32 Å². The summed E-state index contributed by atoms with van der Waals surface area (Å²) in [5, 5.41) is 14.2. The first kappa shape index (κ1) is 14.4. The van der Waals surface area contributed by atoms with E-state index < -0.39 is 0 Å². The van der Waals surface area contributed by atoms with Crippen LogP contribution in [0, 0.1) is 24.0 Å². The van der Waals surface area contributed by atoms with Gasteiger partial charge in [-0.1, -0.05) is 0 Å². The molecule has 0 spiro atoms. The van der Waals surface area contributed by atoms with Gasteiger partial charge >= 0.3 is 0 Å². The number of ether oxygens (including phenoxy) is 1. The molecule has 100 valence electrons. The van der Waals surface area contributed by atoms with Crippen molar-refractivity contribution in [2.45, 2.75) is 33.2 Å². The first-order chi connectivity index (χ1) is 8.45. The third kappa shape index (κ3) is 3.70. The first-order valence-corrected chi connectivity index (χ1v) is 5.96. The van der Waals surface area contributed by atoms with Gasteiger partial charge in [0.15, 0.2) is 0 Å². The van der Waals surface area contributed by atoms with E-state index in [0.717, 1.165) is 17.7 Å². The normalized spacial score (nSPS) is 12.2. The van der Waals surface area contributed by atoms with Crippen molar-refractivity contribution in [3.63, 3.8) is 0 Å². The third-order valence-electron chi connectivity index (χ3n) is 2.90. The van der Waals surface area contributed by atoms with E-state index in [0.29, 0.717) is 12.2 Å². The maximum Gasteiger partial charge on any atom is 0.274 e. The molecule has 0 aromatic heterocycles. The van der Waals surface area contributed by atoms with Gasteiger partial charge in [0.25, 0.3) is 5.69 Å². The molecule has 0 aliphatic rings. The fourth-order valence-corrected chi connectivity index (χ4v) is 1.83. The Morgan fingerprint density at radius 1 is 1.39 bits per heavy atom. The summed E-state index contributed by atoms with van der Waals surface area (Å²) in [7, 11) is 1.66. The molecule has 1 N–H and O–H groups in total. The van der Waals surface area contributed by atoms with Crippen LogP contribution in [-0.2, 0) is 4.74 Å². The van der Waals surface area contributed by atoms with Crippen molar-refractivity contribution >= 4 is 11.4 Å². The molecule has 1 unspecified atom stereocenters. The number of nitrogens with one attached hydrogen (secondary N) is 1. The van der Waals surface area contributed by atoms with E-state index in [1.165, 1.54) is 0 Å². The lowest BCUT2D eigenvalue weighted by molar-refractivity contribution is -0.385. The predicted octanol–water partition coefficient (Wildman–Crippen LogP) is 3.05. The van der Waals surface area contributed by atoms with Crippen molar-refractivity contribution in [1.82, 2.24) is 0 Å². The molecule has 0 bridgehead atoms. The average molecular weight is 252 g/mol. The van der Waals surface area contributed by atoms with Crippen molar-refractivity contribution in [3.05, 3.63) is 33.4 Å². The molecule has 1 atom stereocenters. The van der Waals surface area contributed by atoms with Crippen molar-refractivity contribution in [2.24, 2.45) is 0 Å². The maximum absolute atomic E-state index is 10.9. The minimum atomic E-state index is -0.347. The highest BCUT2D eigenvalue weighted by Crippen LogP contribution is 2.26. The Morgan fingerprint density at radius 2 is 2.06 bits per heavy atom. The van der Waals surface area contributed by atoms with Crippen LogP contribution in [0.2, 0.25) is 0 Å². The summed E-state index contributed by atoms with van der Waals surface area (Å²) in [6, 6.07) is 3.66. The summed E-state index contributed by atoms with van der Waals surface area (Å²) < 4.78 is 5.01. The average Bonchev–Trinajstić information content (AvgIpc) is 2.29. The quantitative estimate of drug-likeness (QED) is 0.624. The first-order valence-electron chi connectivity index (χ1n) is 5.96. The van der Waals surface area contributed by atoms with Crippen LogP contribution in [0.4, 0.5) is 11.4 Å². The van der Waals surface area contributed by atoms with Crippen LogP contribution in [-0.4, -0.2) is 24.7 Å². The molecular formula is C13H20N2O3. The highest BCUT2D eigenvalue weighted by Gasteiger charge is 2.14. The predicted molar refractivity (Wildman–Crippen MR) is 72.1 cm³/mol. The molecule has 0 fully saturated rings. The molecule has 18 heavy (non-hydrogen) atoms. The topological polar surface area (TPSA) is 64.4 Å². The Kier molecular flexibility index (Phi) is 5.09. The standard InChI is InChI=1S/C13H20N2O3/c1-9-7-10(2)13(15(16)17)8-12(9)14-11(3)5-6-18-4/h7-8,11,14H,5-6H2,1-4H3. The van der Waals surface area contributed by atoms with E-state index in [1.807, 2.05) is 19.9 Å². The molecule has 0 saturated heterocycles. The fourth-order valence-electron chi connectivity index (χ4n) is 1.83. The van der Waals surface area contributed by atoms with E-state index in [1.54, 1.807) is 20.1 Å². The molecule has 0 saturated carbocycles. The second-order valence-corrected chi connectivity index (χ2v) is 4.54. The Labute approximate surface area is 107 Å². The van der Waals surface area contributed by atoms with E-state index >= 15 is 0 Å². The van der Waals surface area contributed by atoms with E-state index in [4.69, 9.17) is 4.74 Å². The molecule has 1 rings (SSSR count). The molecule has 0 aliphatic carbocycles. The number of methoxy groups -OCH3 is 1. The zero-order chi connectivity index (χ0) is 13.7. The van der Waals surface area contributed by atoms with Crippen LogP contribution in [0.15, 0.2) is 12.1 Å². The smallest absolute Gasteiger partial charge is 0.274 e. The molecule has 0 amide bonds. The van der Waals surface area contributed by atoms with Gasteiger partial charge in [0, 0.05) is 37.1 Å². The van der Waals surface area contributed by atoms with Crippen LogP contribution >= 0.6 is 0 Å². The van der Waals surface area contributed by atoms with Crippen molar-refractivity contribution < 1.29 is 9.66 Å². The Morgan fingerprint density at radius 3 is 2.61 bits per heavy atom. The third-order valence-corrected chi connectivity index (χ3v) is 2.90. The number of nitro groups is 1. The van der Waals surface area contributed by atoms with Gasteiger partial charge in [-0.25, -0.2) is 0 Å². The second kappa shape index (κ2) is 6.35. The Bertz CT molecular complexity index is 432. The van der Waals surface area contributed by atoms with Gasteiger partial charge in [0.2, 0.25) is 0 Å². The summed E-state index contributed by atoms with van der Waals surface area (Å²) in [5.74, 6) is 0. The number of nitro benzene ring substituents is 1. The van der Waals surface area contributed by atoms with E-state index in [9.17, 15) is 10.1 Å². The molecular weight excluding hydrogens is 232 g/mol. The summed E-state index contributed by atoms with van der Waals surface area (Å²) >= 11 is 0. The number of nitrogens with zero attached hydrogens (tertiary/aromatic N) is 1. The zero-order valence-corrected chi connectivity index (χ0v) is 11.3. The highest BCUT2D eigenvalue weighted by atomic mass is 16.6. The van der Waals surface area contributed by atoms with Gasteiger partial charge in [0.05, 0.1) is 4.92 Å². The Balaban J connectivity index is 2.88. The Hall–Kier alpha value is -1.62. The summed E-state index contributed by atoms with van der Waals surface area (Å²) in [6.07, 6.45) is 0.859. The van der Waals surface area contributed by atoms with Crippen molar-refractivity contribution in [3.8, 4) is 0 Å². The molecule has 1 aromatic rings. The number of anilines is 1. The molecule has 5 nitrogen and oxygen atoms in total. The number of benzene rings is 1. The lowest BCUT2D eigenvalue weighted by Crippen LogP contribution is -2.18. The van der Waals surface area contributed by atoms with E-state index in [-0.39, 0.29) is 16.7 Å². The van der Waals surface area contributed by atoms with Gasteiger partial charge in [-0.15, -0.1) is 0 Å². The van der Waals surface area contributed by atoms with Gasteiger partial charge in [-0.05, 0) is 38.8 Å². The number of hydrogen-bond donors (Lipinski definition) is 1. The monoisotopic (exact) mass is 252 g/mol.